The fourth-order valence-electron chi connectivity index (χ4n) is 5.40. The van der Waals surface area contributed by atoms with E-state index in [0.29, 0.717) is 29.0 Å². The Morgan fingerprint density at radius 2 is 2.00 bits per heavy atom. The first-order chi connectivity index (χ1) is 15.2. The Hall–Kier alpha value is -2.36. The number of aromatic nitrogens is 2. The predicted molar refractivity (Wildman–Crippen MR) is 124 cm³/mol. The standard InChI is InChI=1S/C24H29ClN6/c1-30(20-9-5-13-31-12-3-2-8-21(20)31)23-18(25)15-27-24(29-23)28-19-7-4-6-17(14-26)22(19)16-10-11-16/h4,6-7,15-16,20-21H,2-3,5,8-13H2,1H3,(H,27,28,29)/t20?,21-/m1/s1. The van der Waals surface area contributed by atoms with Gasteiger partial charge >= 0.3 is 0 Å². The number of likely N-dealkylation sites (N-methyl/N-ethyl adjacent to an activating group) is 1. The zero-order valence-electron chi connectivity index (χ0n) is 18.0. The molecule has 2 saturated heterocycles. The van der Waals surface area contributed by atoms with Crippen LogP contribution in [0.25, 0.3) is 0 Å². The highest BCUT2D eigenvalue weighted by Gasteiger charge is 2.36. The number of anilines is 3. The van der Waals surface area contributed by atoms with Gasteiger partial charge in [0.05, 0.1) is 17.8 Å². The molecule has 0 amide bonds. The van der Waals surface area contributed by atoms with Crippen LogP contribution in [0.3, 0.4) is 0 Å². The molecule has 7 heteroatoms. The number of piperidine rings is 2. The monoisotopic (exact) mass is 436 g/mol. The molecule has 31 heavy (non-hydrogen) atoms. The second-order valence-corrected chi connectivity index (χ2v) is 9.47. The lowest BCUT2D eigenvalue weighted by Gasteiger charge is -2.47. The minimum atomic E-state index is 0.415. The van der Waals surface area contributed by atoms with E-state index in [1.54, 1.807) is 6.20 Å². The van der Waals surface area contributed by atoms with Gasteiger partial charge in [0.1, 0.15) is 5.02 Å². The van der Waals surface area contributed by atoms with Crippen LogP contribution in [-0.4, -0.2) is 47.1 Å². The molecule has 1 N–H and O–H groups in total. The van der Waals surface area contributed by atoms with Crippen LogP contribution >= 0.6 is 11.6 Å². The lowest BCUT2D eigenvalue weighted by atomic mass is 9.88. The molecular weight excluding hydrogens is 408 g/mol. The van der Waals surface area contributed by atoms with E-state index in [2.05, 4.69) is 33.2 Å². The van der Waals surface area contributed by atoms with Crippen LogP contribution in [0.15, 0.2) is 24.4 Å². The van der Waals surface area contributed by atoms with E-state index in [9.17, 15) is 5.26 Å². The van der Waals surface area contributed by atoms with Crippen LogP contribution in [0.2, 0.25) is 5.02 Å². The fraction of sp³-hybridized carbons (Fsp3) is 0.542. The predicted octanol–water partition coefficient (Wildman–Crippen LogP) is 5.08. The molecule has 162 valence electrons. The van der Waals surface area contributed by atoms with Gasteiger partial charge in [-0.2, -0.15) is 10.2 Å². The van der Waals surface area contributed by atoms with Gasteiger partial charge in [-0.15, -0.1) is 0 Å². The van der Waals surface area contributed by atoms with Gasteiger partial charge in [-0.3, -0.25) is 4.90 Å². The van der Waals surface area contributed by atoms with Gasteiger partial charge in [0.2, 0.25) is 5.95 Å². The van der Waals surface area contributed by atoms with Gasteiger partial charge in [-0.25, -0.2) is 4.98 Å². The number of benzene rings is 1. The second kappa shape index (κ2) is 8.64. The topological polar surface area (TPSA) is 68.1 Å². The smallest absolute Gasteiger partial charge is 0.229 e. The summed E-state index contributed by atoms with van der Waals surface area (Å²) in [5.41, 5.74) is 2.75. The van der Waals surface area contributed by atoms with Crippen LogP contribution < -0.4 is 10.2 Å². The van der Waals surface area contributed by atoms with Crippen LogP contribution in [0.4, 0.5) is 17.5 Å². The van der Waals surface area contributed by atoms with Gasteiger partial charge in [0.15, 0.2) is 5.82 Å². The molecule has 3 fully saturated rings. The van der Waals surface area contributed by atoms with Crippen LogP contribution in [0, 0.1) is 11.3 Å². The minimum absolute atomic E-state index is 0.415. The Kier molecular flexibility index (Phi) is 5.73. The van der Waals surface area contributed by atoms with Gasteiger partial charge in [-0.05, 0) is 75.2 Å². The summed E-state index contributed by atoms with van der Waals surface area (Å²) in [4.78, 5) is 14.2. The highest BCUT2D eigenvalue weighted by Crippen LogP contribution is 2.45. The SMILES string of the molecule is CN(c1nc(Nc2cccc(C#N)c2C2CC2)ncc1Cl)C1CCCN2CCCC[C@H]12. The number of nitrogens with zero attached hydrogens (tertiary/aromatic N) is 5. The van der Waals surface area contributed by atoms with Crippen molar-refractivity contribution >= 4 is 29.1 Å². The Morgan fingerprint density at radius 1 is 1.16 bits per heavy atom. The van der Waals surface area contributed by atoms with E-state index in [1.165, 1.54) is 38.8 Å². The van der Waals surface area contributed by atoms with Gasteiger partial charge in [0, 0.05) is 24.8 Å². The number of hydrogen-bond acceptors (Lipinski definition) is 6. The number of hydrogen-bond donors (Lipinski definition) is 1. The quantitative estimate of drug-likeness (QED) is 0.705. The molecule has 6 nitrogen and oxygen atoms in total. The first kappa shape index (κ1) is 20.5. The number of fused-ring (bicyclic) bond motifs is 1. The molecule has 0 radical (unpaired) electrons. The van der Waals surface area contributed by atoms with Crippen molar-refractivity contribution in [1.82, 2.24) is 14.9 Å². The highest BCUT2D eigenvalue weighted by atomic mass is 35.5. The summed E-state index contributed by atoms with van der Waals surface area (Å²) in [6.07, 6.45) is 10.2. The molecule has 5 rings (SSSR count). The molecule has 1 aromatic heterocycles. The van der Waals surface area contributed by atoms with Gasteiger partial charge < -0.3 is 10.2 Å². The number of nitrogens with one attached hydrogen (secondary N) is 1. The van der Waals surface area contributed by atoms with E-state index in [1.807, 2.05) is 18.2 Å². The fourth-order valence-corrected chi connectivity index (χ4v) is 5.63. The summed E-state index contributed by atoms with van der Waals surface area (Å²) in [5.74, 6) is 1.76. The summed E-state index contributed by atoms with van der Waals surface area (Å²) >= 11 is 6.58. The third-order valence-electron chi connectivity index (χ3n) is 7.07. The maximum atomic E-state index is 9.54. The molecule has 0 spiro atoms. The summed E-state index contributed by atoms with van der Waals surface area (Å²) in [6, 6.07) is 9.14. The summed E-state index contributed by atoms with van der Waals surface area (Å²) in [6.45, 7) is 2.41. The van der Waals surface area contributed by atoms with Crippen molar-refractivity contribution in [2.45, 2.75) is 62.9 Å². The van der Waals surface area contributed by atoms with Crippen molar-refractivity contribution in [2.75, 3.05) is 30.4 Å². The molecule has 0 bridgehead atoms. The first-order valence-corrected chi connectivity index (χ1v) is 11.8. The largest absolute Gasteiger partial charge is 0.354 e. The molecule has 3 heterocycles. The molecular formula is C24H29ClN6. The molecule has 1 saturated carbocycles. The molecule has 1 aromatic carbocycles. The zero-order valence-corrected chi connectivity index (χ0v) is 18.8. The van der Waals surface area contributed by atoms with Crippen molar-refractivity contribution in [2.24, 2.45) is 0 Å². The van der Waals surface area contributed by atoms with E-state index in [0.717, 1.165) is 41.9 Å². The van der Waals surface area contributed by atoms with E-state index in [-0.39, 0.29) is 0 Å². The average molecular weight is 437 g/mol. The molecule has 1 aliphatic carbocycles. The van der Waals surface area contributed by atoms with Gasteiger partial charge in [0.25, 0.3) is 0 Å². The average Bonchev–Trinajstić information content (AvgIpc) is 3.64. The van der Waals surface area contributed by atoms with Crippen molar-refractivity contribution < 1.29 is 0 Å². The lowest BCUT2D eigenvalue weighted by molar-refractivity contribution is 0.0894. The highest BCUT2D eigenvalue weighted by molar-refractivity contribution is 6.32. The van der Waals surface area contributed by atoms with E-state index in [4.69, 9.17) is 16.6 Å². The van der Waals surface area contributed by atoms with Crippen molar-refractivity contribution in [1.29, 1.82) is 5.26 Å². The Balaban J connectivity index is 1.42. The maximum Gasteiger partial charge on any atom is 0.229 e. The van der Waals surface area contributed by atoms with Crippen molar-refractivity contribution in [3.63, 3.8) is 0 Å². The van der Waals surface area contributed by atoms with Crippen LogP contribution in [-0.2, 0) is 0 Å². The third kappa shape index (κ3) is 4.09. The zero-order chi connectivity index (χ0) is 21.4. The molecule has 2 atom stereocenters. The minimum Gasteiger partial charge on any atom is -0.354 e. The molecule has 2 aliphatic heterocycles. The van der Waals surface area contributed by atoms with Crippen molar-refractivity contribution in [3.05, 3.63) is 40.5 Å². The third-order valence-corrected chi connectivity index (χ3v) is 7.34. The first-order valence-electron chi connectivity index (χ1n) is 11.4. The Morgan fingerprint density at radius 3 is 2.81 bits per heavy atom. The van der Waals surface area contributed by atoms with Crippen LogP contribution in [0.5, 0.6) is 0 Å². The summed E-state index contributed by atoms with van der Waals surface area (Å²) in [5, 5.41) is 13.5. The van der Waals surface area contributed by atoms with E-state index >= 15 is 0 Å². The normalized spacial score (nSPS) is 23.6. The van der Waals surface area contributed by atoms with E-state index < -0.39 is 0 Å². The number of rotatable bonds is 5. The number of nitriles is 1. The van der Waals surface area contributed by atoms with Gasteiger partial charge in [-0.1, -0.05) is 24.1 Å². The Labute approximate surface area is 189 Å². The second-order valence-electron chi connectivity index (χ2n) is 9.06. The maximum absolute atomic E-state index is 9.54. The summed E-state index contributed by atoms with van der Waals surface area (Å²) in [7, 11) is 2.12. The molecule has 1 unspecified atom stereocenters. The lowest BCUT2D eigenvalue weighted by Crippen LogP contribution is -2.56. The van der Waals surface area contributed by atoms with Crippen LogP contribution in [0.1, 0.15) is 62.0 Å². The number of halogens is 1. The molecule has 2 aromatic rings. The van der Waals surface area contributed by atoms with Crippen molar-refractivity contribution in [3.8, 4) is 6.07 Å². The summed E-state index contributed by atoms with van der Waals surface area (Å²) < 4.78 is 0. The molecule has 3 aliphatic rings. The Bertz CT molecular complexity index is 996.